The minimum absolute atomic E-state index is 0.0612. The molecule has 4 rings (SSSR count). The molecule has 0 bridgehead atoms. The van der Waals surface area contributed by atoms with Crippen molar-refractivity contribution in [3.05, 3.63) is 70.4 Å². The van der Waals surface area contributed by atoms with Crippen molar-refractivity contribution < 1.29 is 14.0 Å². The molecule has 2 aromatic heterocycles. The molecule has 0 spiro atoms. The third kappa shape index (κ3) is 5.63. The number of halogens is 2. The summed E-state index contributed by atoms with van der Waals surface area (Å²) in [6.45, 7) is 1.95. The highest BCUT2D eigenvalue weighted by molar-refractivity contribution is 7.22. The van der Waals surface area contributed by atoms with Gasteiger partial charge >= 0.3 is 0 Å². The molecule has 4 aromatic rings. The number of aromatic nitrogens is 1. The maximum atomic E-state index is 12.4. The first kappa shape index (κ1) is 23.0. The second kappa shape index (κ2) is 10.2. The number of rotatable bonds is 7. The molecule has 0 aliphatic rings. The molecule has 0 aliphatic carbocycles. The van der Waals surface area contributed by atoms with Crippen LogP contribution in [-0.2, 0) is 9.59 Å². The molecular weight excluding hydrogens is 481 g/mol. The second-order valence-corrected chi connectivity index (χ2v) is 8.94. The number of anilines is 2. The number of nitrogens with zero attached hydrogens (tertiary/aromatic N) is 1. The number of hydrogen-bond acceptors (Lipinski definition) is 5. The molecule has 168 valence electrons. The first-order valence-electron chi connectivity index (χ1n) is 10.2. The zero-order chi connectivity index (χ0) is 23.4. The molecule has 33 heavy (non-hydrogen) atoms. The Bertz CT molecular complexity index is 1360. The minimum Gasteiger partial charge on any atom is -0.457 e. The van der Waals surface area contributed by atoms with Crippen LogP contribution in [-0.4, -0.2) is 16.8 Å². The van der Waals surface area contributed by atoms with Crippen molar-refractivity contribution in [2.75, 3.05) is 10.6 Å². The largest absolute Gasteiger partial charge is 0.457 e. The Balaban J connectivity index is 1.42. The maximum absolute atomic E-state index is 12.4. The van der Waals surface area contributed by atoms with Crippen molar-refractivity contribution in [3.63, 3.8) is 0 Å². The van der Waals surface area contributed by atoms with Crippen LogP contribution in [0.5, 0.6) is 0 Å². The van der Waals surface area contributed by atoms with Crippen LogP contribution in [0.3, 0.4) is 0 Å². The molecule has 0 aliphatic heterocycles. The highest BCUT2D eigenvalue weighted by atomic mass is 35.5. The fourth-order valence-corrected chi connectivity index (χ4v) is 4.40. The van der Waals surface area contributed by atoms with E-state index >= 15 is 0 Å². The first-order chi connectivity index (χ1) is 15.9. The van der Waals surface area contributed by atoms with Gasteiger partial charge in [0.1, 0.15) is 11.5 Å². The number of carbonyl (C=O) groups is 2. The van der Waals surface area contributed by atoms with E-state index in [-0.39, 0.29) is 11.8 Å². The van der Waals surface area contributed by atoms with Gasteiger partial charge in [-0.3, -0.25) is 9.59 Å². The summed E-state index contributed by atoms with van der Waals surface area (Å²) in [5, 5.41) is 7.00. The van der Waals surface area contributed by atoms with Crippen LogP contribution < -0.4 is 10.6 Å². The summed E-state index contributed by atoms with van der Waals surface area (Å²) in [6, 6.07) is 14.2. The number of thiazole rings is 1. The van der Waals surface area contributed by atoms with Crippen LogP contribution in [0.4, 0.5) is 10.8 Å². The third-order valence-corrected chi connectivity index (χ3v) is 6.37. The molecule has 6 nitrogen and oxygen atoms in total. The quantitative estimate of drug-likeness (QED) is 0.262. The molecule has 2 aromatic carbocycles. The number of benzene rings is 2. The molecule has 2 N–H and O–H groups in total. The summed E-state index contributed by atoms with van der Waals surface area (Å²) in [6.07, 6.45) is 4.18. The van der Waals surface area contributed by atoms with Crippen molar-refractivity contribution in [2.45, 2.75) is 19.8 Å². The predicted molar refractivity (Wildman–Crippen MR) is 135 cm³/mol. The molecule has 9 heteroatoms. The topological polar surface area (TPSA) is 84.2 Å². The van der Waals surface area contributed by atoms with E-state index in [9.17, 15) is 9.59 Å². The fraction of sp³-hybridized carbons (Fsp3) is 0.125. The lowest BCUT2D eigenvalue weighted by molar-refractivity contribution is -0.116. The predicted octanol–water partition coefficient (Wildman–Crippen LogP) is 7.25. The van der Waals surface area contributed by atoms with Crippen LogP contribution >= 0.6 is 34.5 Å². The van der Waals surface area contributed by atoms with Gasteiger partial charge in [0.2, 0.25) is 11.8 Å². The molecule has 0 atom stereocenters. The van der Waals surface area contributed by atoms with Crippen molar-refractivity contribution in [2.24, 2.45) is 0 Å². The van der Waals surface area contributed by atoms with Gasteiger partial charge in [-0.1, -0.05) is 47.5 Å². The van der Waals surface area contributed by atoms with E-state index in [1.807, 2.05) is 19.1 Å². The van der Waals surface area contributed by atoms with Gasteiger partial charge in [-0.05, 0) is 55.0 Å². The molecule has 0 saturated carbocycles. The number of carbonyl (C=O) groups excluding carboxylic acids is 2. The van der Waals surface area contributed by atoms with Crippen LogP contribution in [0.15, 0.2) is 59.0 Å². The molecule has 2 amide bonds. The van der Waals surface area contributed by atoms with Crippen LogP contribution in [0.1, 0.15) is 25.5 Å². The molecule has 2 heterocycles. The Hall–Kier alpha value is -3.13. The number of hydrogen-bond donors (Lipinski definition) is 2. The summed E-state index contributed by atoms with van der Waals surface area (Å²) in [5.74, 6) is 0.685. The van der Waals surface area contributed by atoms with Gasteiger partial charge in [0, 0.05) is 23.7 Å². The number of fused-ring (bicyclic) bond motifs is 1. The summed E-state index contributed by atoms with van der Waals surface area (Å²) >= 11 is 13.7. The number of nitrogens with one attached hydrogen (secondary N) is 2. The van der Waals surface area contributed by atoms with Gasteiger partial charge < -0.3 is 15.1 Å². The Labute approximate surface area is 204 Å². The van der Waals surface area contributed by atoms with Crippen molar-refractivity contribution in [3.8, 4) is 11.3 Å². The average molecular weight is 500 g/mol. The molecule has 0 fully saturated rings. The van der Waals surface area contributed by atoms with Crippen molar-refractivity contribution in [1.29, 1.82) is 0 Å². The van der Waals surface area contributed by atoms with E-state index in [0.29, 0.717) is 44.4 Å². The lowest BCUT2D eigenvalue weighted by atomic mass is 10.2. The highest BCUT2D eigenvalue weighted by Crippen LogP contribution is 2.34. The minimum atomic E-state index is -0.311. The molecular formula is C24H19Cl2N3O3S. The highest BCUT2D eigenvalue weighted by Gasteiger charge is 2.11. The first-order valence-corrected chi connectivity index (χ1v) is 11.7. The van der Waals surface area contributed by atoms with E-state index in [2.05, 4.69) is 15.6 Å². The lowest BCUT2D eigenvalue weighted by Gasteiger charge is -2.02. The summed E-state index contributed by atoms with van der Waals surface area (Å²) in [5.41, 5.74) is 2.05. The van der Waals surface area contributed by atoms with Gasteiger partial charge in [-0.15, -0.1) is 0 Å². The SMILES string of the molecule is CCCC(=O)Nc1nc2ccc(NC(=O)/C=C/c3ccc(-c4cccc(Cl)c4Cl)o3)cc2s1. The van der Waals surface area contributed by atoms with Gasteiger partial charge in [-0.25, -0.2) is 4.98 Å². The average Bonchev–Trinajstić information content (AvgIpc) is 3.40. The summed E-state index contributed by atoms with van der Waals surface area (Å²) in [4.78, 5) is 28.5. The van der Waals surface area contributed by atoms with Gasteiger partial charge in [-0.2, -0.15) is 0 Å². The van der Waals surface area contributed by atoms with Gasteiger partial charge in [0.05, 0.1) is 20.3 Å². The Morgan fingerprint density at radius 2 is 1.97 bits per heavy atom. The molecule has 0 saturated heterocycles. The fourth-order valence-electron chi connectivity index (χ4n) is 3.09. The van der Waals surface area contributed by atoms with Gasteiger partial charge in [0.15, 0.2) is 5.13 Å². The monoisotopic (exact) mass is 499 g/mol. The third-order valence-electron chi connectivity index (χ3n) is 4.62. The molecule has 0 radical (unpaired) electrons. The van der Waals surface area contributed by atoms with Gasteiger partial charge in [0.25, 0.3) is 0 Å². The molecule has 0 unspecified atom stereocenters. The number of amides is 2. The maximum Gasteiger partial charge on any atom is 0.248 e. The Morgan fingerprint density at radius 1 is 1.12 bits per heavy atom. The van der Waals surface area contributed by atoms with E-state index < -0.39 is 0 Å². The normalized spacial score (nSPS) is 11.2. The van der Waals surface area contributed by atoms with Crippen LogP contribution in [0.2, 0.25) is 10.0 Å². The second-order valence-electron chi connectivity index (χ2n) is 7.13. The van der Waals surface area contributed by atoms with E-state index in [1.54, 1.807) is 42.5 Å². The van der Waals surface area contributed by atoms with Crippen molar-refractivity contribution in [1.82, 2.24) is 4.98 Å². The Kier molecular flexibility index (Phi) is 7.13. The summed E-state index contributed by atoms with van der Waals surface area (Å²) in [7, 11) is 0. The van der Waals surface area contributed by atoms with Crippen LogP contribution in [0.25, 0.3) is 27.6 Å². The summed E-state index contributed by atoms with van der Waals surface area (Å²) < 4.78 is 6.62. The van der Waals surface area contributed by atoms with Crippen molar-refractivity contribution >= 4 is 73.5 Å². The van der Waals surface area contributed by atoms with E-state index in [4.69, 9.17) is 27.6 Å². The Morgan fingerprint density at radius 3 is 2.79 bits per heavy atom. The lowest BCUT2D eigenvalue weighted by Crippen LogP contribution is -2.09. The zero-order valence-corrected chi connectivity index (χ0v) is 19.9. The smallest absolute Gasteiger partial charge is 0.248 e. The van der Waals surface area contributed by atoms with E-state index in [1.165, 1.54) is 17.4 Å². The van der Waals surface area contributed by atoms with Crippen LogP contribution in [0, 0.1) is 0 Å². The standard InChI is InChI=1S/C24H19Cl2N3O3S/c1-2-4-21(30)29-24-28-18-10-7-14(13-20(18)33-24)27-22(31)12-9-15-8-11-19(32-15)16-5-3-6-17(25)23(16)26/h3,5-13H,2,4H2,1H3,(H,27,31)(H,28,29,30)/b12-9+. The number of furan rings is 1. The van der Waals surface area contributed by atoms with E-state index in [0.717, 1.165) is 16.6 Å². The zero-order valence-electron chi connectivity index (χ0n) is 17.5.